The molecule has 0 aliphatic rings. The second-order valence-corrected chi connectivity index (χ2v) is 14.3. The second-order valence-electron chi connectivity index (χ2n) is 14.3. The Morgan fingerprint density at radius 2 is 0.953 bits per heavy atom. The second kappa shape index (κ2) is 13.4. The van der Waals surface area contributed by atoms with Gasteiger partial charge >= 0.3 is 0 Å². The molecule has 64 heavy (non-hydrogen) atoms. The van der Waals surface area contributed by atoms with Crippen LogP contribution in [0.2, 0.25) is 0 Å². The van der Waals surface area contributed by atoms with Crippen molar-refractivity contribution in [2.24, 2.45) is 0 Å². The Balaban J connectivity index is 1.06. The predicted molar refractivity (Wildman–Crippen MR) is 263 cm³/mol. The lowest BCUT2D eigenvalue weighted by molar-refractivity contribution is 0.667. The Morgan fingerprint density at radius 1 is 0.391 bits per heavy atom. The van der Waals surface area contributed by atoms with Crippen LogP contribution in [0.25, 0.3) is 127 Å². The normalized spacial score (nSPS) is 18.6. The van der Waals surface area contributed by atoms with Crippen molar-refractivity contribution in [3.63, 3.8) is 0 Å². The molecule has 5 heterocycles. The van der Waals surface area contributed by atoms with Gasteiger partial charge in [0.25, 0.3) is 0 Å². The van der Waals surface area contributed by atoms with Crippen LogP contribution in [-0.2, 0) is 0 Å². The number of aromatic nitrogens is 5. The van der Waals surface area contributed by atoms with Crippen molar-refractivity contribution < 1.29 is 45.5 Å². The molecule has 6 heteroatoms. The number of para-hydroxylation sites is 5. The molecule has 0 N–H and O–H groups in total. The summed E-state index contributed by atoms with van der Waals surface area (Å²) in [5, 5.41) is -2.41. The lowest BCUT2D eigenvalue weighted by Gasteiger charge is -2.11. The van der Waals surface area contributed by atoms with E-state index < -0.39 is 253 Å². The molecule has 0 aliphatic carbocycles. The molecular weight excluding hydrogens is 783 g/mol. The first kappa shape index (κ1) is 16.9. The SMILES string of the molecule is [2H]c1cc([2H])c(-n2c3c([2H])c([2H])c([2H])c([2H])c3c3c([2H])c([2H])c(-c4c([2H])c([2H])c5c(c4[2H])c4c([2H])c([2H])c([2H])c([2H])c4n5-c4c([2H])c([2H])c([2H])c([2H])c4[2H])c([2H])c32)c([2H])c1-c1ncnc2c1oc1ccc(-n3c4c([2H])c([2H])c([2H])c([2H])c4c4c([2H])c([2H])c([2H])c([2H])c43)cc12. The van der Waals surface area contributed by atoms with E-state index in [1.54, 1.807) is 0 Å². The maximum absolute atomic E-state index is 10.2. The molecule has 14 aromatic rings. The molecule has 0 unspecified atom stereocenters. The average molecular weight is 848 g/mol. The monoisotopic (exact) mass is 847 g/mol. The van der Waals surface area contributed by atoms with Crippen molar-refractivity contribution in [3.8, 4) is 39.4 Å². The van der Waals surface area contributed by atoms with E-state index in [9.17, 15) is 15.1 Å². The highest BCUT2D eigenvalue weighted by Gasteiger charge is 2.20. The maximum atomic E-state index is 10.2. The van der Waals surface area contributed by atoms with Gasteiger partial charge in [0.05, 0.1) is 74.2 Å². The summed E-state index contributed by atoms with van der Waals surface area (Å²) in [5.41, 5.74) is -6.58. The van der Waals surface area contributed by atoms with Gasteiger partial charge in [-0.3, -0.25) is 0 Å². The van der Waals surface area contributed by atoms with E-state index in [2.05, 4.69) is 9.97 Å². The van der Waals surface area contributed by atoms with E-state index in [-0.39, 0.29) is 55.3 Å². The van der Waals surface area contributed by atoms with E-state index in [0.29, 0.717) is 0 Å². The molecule has 0 atom stereocenters. The van der Waals surface area contributed by atoms with Gasteiger partial charge in [0.2, 0.25) is 0 Å². The fraction of sp³-hybridized carbons (Fsp3) is 0. The van der Waals surface area contributed by atoms with Crippen molar-refractivity contribution in [1.82, 2.24) is 23.7 Å². The molecule has 0 bridgehead atoms. The van der Waals surface area contributed by atoms with E-state index in [4.69, 9.17) is 30.5 Å². The van der Waals surface area contributed by atoms with E-state index in [0.717, 1.165) is 21.5 Å². The Labute approximate surface area is 408 Å². The van der Waals surface area contributed by atoms with Crippen LogP contribution in [0.5, 0.6) is 0 Å². The Kier molecular flexibility index (Phi) is 3.52. The van der Waals surface area contributed by atoms with Gasteiger partial charge in [-0.15, -0.1) is 0 Å². The van der Waals surface area contributed by atoms with Crippen LogP contribution >= 0.6 is 0 Å². The molecule has 14 rings (SSSR count). The molecular formula is C58H35N5O. The molecule has 0 spiro atoms. The summed E-state index contributed by atoms with van der Waals surface area (Å²) in [6, 6.07) is -18.8. The molecule has 9 aromatic carbocycles. The smallest absolute Gasteiger partial charge is 0.180 e. The minimum atomic E-state index is -1.03. The Bertz CT molecular complexity index is 5900. The van der Waals surface area contributed by atoms with Gasteiger partial charge < -0.3 is 18.1 Å². The lowest BCUT2D eigenvalue weighted by atomic mass is 10.0. The van der Waals surface area contributed by atoms with Crippen LogP contribution in [0.3, 0.4) is 0 Å². The first-order chi connectivity index (χ1) is 44.2. The zero-order valence-electron chi connectivity index (χ0n) is 62.0. The van der Waals surface area contributed by atoms with Crippen LogP contribution in [-0.4, -0.2) is 23.7 Å². The molecule has 0 radical (unpaired) electrons. The zero-order chi connectivity index (χ0) is 68.0. The van der Waals surface area contributed by atoms with Crippen molar-refractivity contribution in [3.05, 3.63) is 212 Å². The quantitative estimate of drug-likeness (QED) is 0.173. The van der Waals surface area contributed by atoms with Crippen LogP contribution in [0.15, 0.2) is 216 Å². The van der Waals surface area contributed by atoms with Crippen molar-refractivity contribution >= 4 is 87.5 Å². The highest BCUT2D eigenvalue weighted by atomic mass is 16.3. The highest BCUT2D eigenvalue weighted by molar-refractivity contribution is 6.14. The number of hydrogen-bond acceptors (Lipinski definition) is 3. The third-order valence-electron chi connectivity index (χ3n) is 10.9. The molecule has 6 nitrogen and oxygen atoms in total. The summed E-state index contributed by atoms with van der Waals surface area (Å²) < 4.78 is 282. The van der Waals surface area contributed by atoms with Gasteiger partial charge in [0, 0.05) is 60.3 Å². The standard InChI is InChI=1S/C58H35N5O/c1-2-14-39(15-3-1)61-52-24-11-7-20-45(52)47-32-36(26-29-53(47)61)37-25-28-46-44-19-6-10-23-51(44)63(54(46)33-37)40-16-12-13-38(31-40)56-58-57(60-35-59-56)48-34-41(27-30-55(48)64-58)62-49-21-8-4-17-42(49)43-18-5-9-22-50(43)62/h1-35H/i1D,2D,3D,4D,5D,6D,7D,8D,9D,10D,11D,13D,14D,15D,16D,17D,18D,19D,20D,21D,22D,23D,24D,25D,26D,28D,29D,31D,32D,33D. The third kappa shape index (κ3) is 5.02. The number of furan rings is 1. The third-order valence-corrected chi connectivity index (χ3v) is 10.9. The molecule has 0 saturated carbocycles. The summed E-state index contributed by atoms with van der Waals surface area (Å²) in [5.74, 6) is 0. The summed E-state index contributed by atoms with van der Waals surface area (Å²) in [6.45, 7) is 0. The Hall–Kier alpha value is -8.74. The summed E-state index contributed by atoms with van der Waals surface area (Å²) in [7, 11) is 0. The highest BCUT2D eigenvalue weighted by Crippen LogP contribution is 2.41. The molecule has 5 aromatic heterocycles. The fourth-order valence-corrected chi connectivity index (χ4v) is 8.25. The van der Waals surface area contributed by atoms with Gasteiger partial charge in [-0.1, -0.05) is 121 Å². The van der Waals surface area contributed by atoms with Crippen LogP contribution in [0, 0.1) is 0 Å². The molecule has 0 aliphatic heterocycles. The summed E-state index contributed by atoms with van der Waals surface area (Å²) in [6.07, 6.45) is 1.04. The minimum absolute atomic E-state index is 0.0113. The number of nitrogens with zero attached hydrogens (tertiary/aromatic N) is 5. The summed E-state index contributed by atoms with van der Waals surface area (Å²) in [4.78, 5) is 8.91. The predicted octanol–water partition coefficient (Wildman–Crippen LogP) is 15.0. The zero-order valence-corrected chi connectivity index (χ0v) is 32.0. The molecule has 0 amide bonds. The van der Waals surface area contributed by atoms with Gasteiger partial charge in [0.1, 0.15) is 23.1 Å². The van der Waals surface area contributed by atoms with Gasteiger partial charge in [-0.25, -0.2) is 9.97 Å². The topological polar surface area (TPSA) is 53.7 Å². The van der Waals surface area contributed by atoms with Crippen LogP contribution in [0.1, 0.15) is 41.1 Å². The summed E-state index contributed by atoms with van der Waals surface area (Å²) >= 11 is 0. The number of fused-ring (bicyclic) bond motifs is 12. The molecule has 298 valence electrons. The minimum Gasteiger partial charge on any atom is -0.452 e. The van der Waals surface area contributed by atoms with Gasteiger partial charge in [-0.2, -0.15) is 0 Å². The molecule has 0 fully saturated rings. The van der Waals surface area contributed by atoms with Crippen molar-refractivity contribution in [1.29, 1.82) is 0 Å². The van der Waals surface area contributed by atoms with E-state index >= 15 is 0 Å². The van der Waals surface area contributed by atoms with Gasteiger partial charge in [0.15, 0.2) is 5.58 Å². The number of benzene rings is 9. The number of hydrogen-bond donors (Lipinski definition) is 0. The van der Waals surface area contributed by atoms with Crippen molar-refractivity contribution in [2.45, 2.75) is 0 Å². The molecule has 0 saturated heterocycles. The van der Waals surface area contributed by atoms with Crippen LogP contribution in [0.4, 0.5) is 0 Å². The maximum Gasteiger partial charge on any atom is 0.180 e. The fourth-order valence-electron chi connectivity index (χ4n) is 8.25. The van der Waals surface area contributed by atoms with Crippen LogP contribution < -0.4 is 0 Å². The average Bonchev–Trinajstić information content (AvgIpc) is 1.53. The Morgan fingerprint density at radius 3 is 1.66 bits per heavy atom. The number of rotatable bonds is 5. The lowest BCUT2D eigenvalue weighted by Crippen LogP contribution is -1.95. The van der Waals surface area contributed by atoms with Crippen molar-refractivity contribution in [2.75, 3.05) is 0 Å². The first-order valence-electron chi connectivity index (χ1n) is 34.2. The van der Waals surface area contributed by atoms with Gasteiger partial charge in [-0.05, 0) is 95.8 Å². The largest absolute Gasteiger partial charge is 0.452 e. The first-order valence-corrected chi connectivity index (χ1v) is 19.2. The van der Waals surface area contributed by atoms with E-state index in [1.807, 2.05) is 0 Å². The van der Waals surface area contributed by atoms with E-state index in [1.165, 1.54) is 22.8 Å².